The highest BCUT2D eigenvalue weighted by molar-refractivity contribution is 7.89. The molecular formula is C19H16Cl2FN3O3S. The van der Waals surface area contributed by atoms with Crippen molar-refractivity contribution in [2.45, 2.75) is 4.90 Å². The van der Waals surface area contributed by atoms with Gasteiger partial charge in [-0.15, -0.1) is 0 Å². The Morgan fingerprint density at radius 2 is 1.72 bits per heavy atom. The first-order valence-corrected chi connectivity index (χ1v) is 11.0. The molecule has 4 rings (SSSR count). The molecule has 0 bridgehead atoms. The molecule has 0 spiro atoms. The standard InChI is InChI=1S/C19H16Cl2FN3O3S/c20-14-11-12(5-6-15(14)22)29(27,28)25-9-7-24(8-10-25)19(26)18-17(21)13-3-1-2-4-16(13)23-18/h1-6,11,23H,7-10H2. The quantitative estimate of drug-likeness (QED) is 0.653. The Kier molecular flexibility index (Phi) is 5.29. The highest BCUT2D eigenvalue weighted by Gasteiger charge is 2.32. The topological polar surface area (TPSA) is 73.5 Å². The lowest BCUT2D eigenvalue weighted by Crippen LogP contribution is -2.50. The minimum atomic E-state index is -3.83. The van der Waals surface area contributed by atoms with Gasteiger partial charge in [-0.2, -0.15) is 4.31 Å². The van der Waals surface area contributed by atoms with Gasteiger partial charge in [0.05, 0.1) is 14.9 Å². The second kappa shape index (κ2) is 7.60. The average Bonchev–Trinajstić information content (AvgIpc) is 3.06. The van der Waals surface area contributed by atoms with Gasteiger partial charge in [-0.05, 0) is 24.3 Å². The van der Waals surface area contributed by atoms with Crippen LogP contribution in [0, 0.1) is 5.82 Å². The zero-order valence-corrected chi connectivity index (χ0v) is 17.4. The van der Waals surface area contributed by atoms with Crippen LogP contribution in [0.5, 0.6) is 0 Å². The number of aromatic amines is 1. The van der Waals surface area contributed by atoms with Crippen molar-refractivity contribution in [3.05, 3.63) is 64.0 Å². The molecule has 0 saturated carbocycles. The van der Waals surface area contributed by atoms with E-state index in [1.165, 1.54) is 10.4 Å². The first-order chi connectivity index (χ1) is 13.8. The van der Waals surface area contributed by atoms with E-state index >= 15 is 0 Å². The van der Waals surface area contributed by atoms with Gasteiger partial charge in [-0.1, -0.05) is 41.4 Å². The highest BCUT2D eigenvalue weighted by atomic mass is 35.5. The Labute approximate surface area is 176 Å². The lowest BCUT2D eigenvalue weighted by atomic mass is 10.2. The molecule has 1 aliphatic heterocycles. The van der Waals surface area contributed by atoms with Crippen LogP contribution in [0.4, 0.5) is 4.39 Å². The predicted molar refractivity (Wildman–Crippen MR) is 109 cm³/mol. The Morgan fingerprint density at radius 1 is 1.03 bits per heavy atom. The van der Waals surface area contributed by atoms with E-state index in [4.69, 9.17) is 23.2 Å². The normalized spacial score (nSPS) is 15.8. The SMILES string of the molecule is O=C(c1[nH]c2ccccc2c1Cl)N1CCN(S(=O)(=O)c2ccc(F)c(Cl)c2)CC1. The van der Waals surface area contributed by atoms with Gasteiger partial charge < -0.3 is 9.88 Å². The van der Waals surface area contributed by atoms with E-state index in [0.717, 1.165) is 23.0 Å². The van der Waals surface area contributed by atoms with Crippen LogP contribution < -0.4 is 0 Å². The van der Waals surface area contributed by atoms with Crippen molar-refractivity contribution in [1.82, 2.24) is 14.2 Å². The van der Waals surface area contributed by atoms with Crippen molar-refractivity contribution in [1.29, 1.82) is 0 Å². The number of fused-ring (bicyclic) bond motifs is 1. The number of carbonyl (C=O) groups is 1. The number of amides is 1. The third-order valence-electron chi connectivity index (χ3n) is 4.91. The van der Waals surface area contributed by atoms with E-state index in [2.05, 4.69) is 4.98 Å². The summed E-state index contributed by atoms with van der Waals surface area (Å²) in [4.78, 5) is 17.4. The molecule has 2 heterocycles. The van der Waals surface area contributed by atoms with Crippen LogP contribution >= 0.6 is 23.2 Å². The summed E-state index contributed by atoms with van der Waals surface area (Å²) in [6.07, 6.45) is 0. The molecule has 1 amide bonds. The van der Waals surface area contributed by atoms with Gasteiger partial charge in [0.15, 0.2) is 0 Å². The largest absolute Gasteiger partial charge is 0.349 e. The van der Waals surface area contributed by atoms with Gasteiger partial charge in [0, 0.05) is 37.1 Å². The molecule has 0 radical (unpaired) electrons. The lowest BCUT2D eigenvalue weighted by molar-refractivity contribution is 0.0693. The van der Waals surface area contributed by atoms with Crippen molar-refractivity contribution < 1.29 is 17.6 Å². The monoisotopic (exact) mass is 455 g/mol. The summed E-state index contributed by atoms with van der Waals surface area (Å²) in [6.45, 7) is 0.638. The molecule has 3 aromatic rings. The van der Waals surface area contributed by atoms with Crippen LogP contribution in [0.3, 0.4) is 0 Å². The first kappa shape index (κ1) is 20.2. The second-order valence-corrected chi connectivity index (χ2v) is 9.35. The van der Waals surface area contributed by atoms with Gasteiger partial charge >= 0.3 is 0 Å². The molecule has 0 unspecified atom stereocenters. The summed E-state index contributed by atoms with van der Waals surface area (Å²) in [5.41, 5.74) is 1.05. The maximum atomic E-state index is 13.3. The Balaban J connectivity index is 1.50. The van der Waals surface area contributed by atoms with Gasteiger partial charge in [-0.25, -0.2) is 12.8 Å². The van der Waals surface area contributed by atoms with Crippen LogP contribution in [-0.2, 0) is 10.0 Å². The molecule has 1 aliphatic rings. The minimum absolute atomic E-state index is 0.0812. The van der Waals surface area contributed by atoms with Crippen molar-refractivity contribution in [2.75, 3.05) is 26.2 Å². The molecule has 1 aromatic heterocycles. The van der Waals surface area contributed by atoms with Crippen LogP contribution in [0.15, 0.2) is 47.4 Å². The summed E-state index contributed by atoms with van der Waals surface area (Å²) in [6, 6.07) is 10.6. The van der Waals surface area contributed by atoms with Crippen LogP contribution in [-0.4, -0.2) is 54.7 Å². The molecular weight excluding hydrogens is 440 g/mol. The van der Waals surface area contributed by atoms with Crippen LogP contribution in [0.25, 0.3) is 10.9 Å². The third kappa shape index (κ3) is 3.61. The van der Waals surface area contributed by atoms with Gasteiger partial charge in [0.25, 0.3) is 5.91 Å². The number of halogens is 3. The van der Waals surface area contributed by atoms with E-state index in [1.54, 1.807) is 4.90 Å². The maximum Gasteiger partial charge on any atom is 0.271 e. The Morgan fingerprint density at radius 3 is 2.38 bits per heavy atom. The fourth-order valence-electron chi connectivity index (χ4n) is 3.33. The smallest absolute Gasteiger partial charge is 0.271 e. The first-order valence-electron chi connectivity index (χ1n) is 8.80. The minimum Gasteiger partial charge on any atom is -0.349 e. The second-order valence-electron chi connectivity index (χ2n) is 6.63. The number of rotatable bonds is 3. The molecule has 1 saturated heterocycles. The van der Waals surface area contributed by atoms with Gasteiger partial charge in [0.2, 0.25) is 10.0 Å². The van der Waals surface area contributed by atoms with Crippen molar-refractivity contribution in [3.63, 3.8) is 0 Å². The molecule has 10 heteroatoms. The number of para-hydroxylation sites is 1. The molecule has 0 aliphatic carbocycles. The fraction of sp³-hybridized carbons (Fsp3) is 0.211. The number of sulfonamides is 1. The van der Waals surface area contributed by atoms with E-state index in [9.17, 15) is 17.6 Å². The number of hydrogen-bond acceptors (Lipinski definition) is 3. The number of nitrogens with zero attached hydrogens (tertiary/aromatic N) is 2. The van der Waals surface area contributed by atoms with Gasteiger partial charge in [-0.3, -0.25) is 4.79 Å². The summed E-state index contributed by atoms with van der Waals surface area (Å²) in [5, 5.41) is 0.849. The van der Waals surface area contributed by atoms with Crippen molar-refractivity contribution in [3.8, 4) is 0 Å². The number of hydrogen-bond donors (Lipinski definition) is 1. The molecule has 1 N–H and O–H groups in total. The predicted octanol–water partition coefficient (Wildman–Crippen LogP) is 3.76. The van der Waals surface area contributed by atoms with Gasteiger partial charge in [0.1, 0.15) is 11.5 Å². The molecule has 6 nitrogen and oxygen atoms in total. The Hall–Kier alpha value is -2.13. The van der Waals surface area contributed by atoms with E-state index in [0.29, 0.717) is 5.02 Å². The number of aromatic nitrogens is 1. The zero-order chi connectivity index (χ0) is 20.8. The van der Waals surface area contributed by atoms with Crippen LogP contribution in [0.2, 0.25) is 10.0 Å². The number of benzene rings is 2. The number of carbonyl (C=O) groups excluding carboxylic acids is 1. The zero-order valence-electron chi connectivity index (χ0n) is 15.0. The molecule has 29 heavy (non-hydrogen) atoms. The molecule has 152 valence electrons. The number of nitrogens with one attached hydrogen (secondary N) is 1. The number of H-pyrrole nitrogens is 1. The molecule has 1 fully saturated rings. The number of piperazine rings is 1. The van der Waals surface area contributed by atoms with Crippen LogP contribution in [0.1, 0.15) is 10.5 Å². The average molecular weight is 456 g/mol. The Bertz CT molecular complexity index is 1200. The van der Waals surface area contributed by atoms with E-state index in [1.807, 2.05) is 24.3 Å². The third-order valence-corrected chi connectivity index (χ3v) is 7.49. The van der Waals surface area contributed by atoms with Crippen molar-refractivity contribution >= 4 is 50.0 Å². The molecule has 0 atom stereocenters. The van der Waals surface area contributed by atoms with E-state index in [-0.39, 0.29) is 47.7 Å². The van der Waals surface area contributed by atoms with E-state index < -0.39 is 15.8 Å². The van der Waals surface area contributed by atoms with Crippen molar-refractivity contribution in [2.24, 2.45) is 0 Å². The summed E-state index contributed by atoms with van der Waals surface area (Å²) >= 11 is 12.1. The summed E-state index contributed by atoms with van der Waals surface area (Å²) < 4.78 is 40.2. The lowest BCUT2D eigenvalue weighted by Gasteiger charge is -2.33. The molecule has 2 aromatic carbocycles. The summed E-state index contributed by atoms with van der Waals surface area (Å²) in [7, 11) is -3.83. The highest BCUT2D eigenvalue weighted by Crippen LogP contribution is 2.29. The fourth-order valence-corrected chi connectivity index (χ4v) is 5.32. The summed E-state index contributed by atoms with van der Waals surface area (Å²) in [5.74, 6) is -0.968. The maximum absolute atomic E-state index is 13.3.